The Morgan fingerprint density at radius 2 is 1.14 bits per heavy atom. The van der Waals surface area contributed by atoms with Gasteiger partial charge in [0.05, 0.1) is 27.5 Å². The molecule has 0 bridgehead atoms. The molecule has 2 aliphatic rings. The molecule has 3 aromatic heterocycles. The van der Waals surface area contributed by atoms with Crippen LogP contribution in [0.15, 0.2) is 202 Å². The lowest BCUT2D eigenvalue weighted by molar-refractivity contribution is 0.668. The molecule has 272 valence electrons. The van der Waals surface area contributed by atoms with Crippen LogP contribution >= 0.6 is 0 Å². The molecule has 3 nitrogen and oxygen atoms in total. The summed E-state index contributed by atoms with van der Waals surface area (Å²) in [6.45, 7) is 0. The summed E-state index contributed by atoms with van der Waals surface area (Å²) in [6, 6.07) is 66.1. The van der Waals surface area contributed by atoms with E-state index in [-0.39, 0.29) is 5.41 Å². The van der Waals surface area contributed by atoms with Crippen LogP contribution in [-0.2, 0) is 5.41 Å². The summed E-state index contributed by atoms with van der Waals surface area (Å²) in [5.74, 6) is 0. The minimum atomic E-state index is -0.372. The highest BCUT2D eigenvalue weighted by Crippen LogP contribution is 2.60. The fraction of sp³-hybridized carbons (Fsp3) is 0.0545. The van der Waals surface area contributed by atoms with Crippen molar-refractivity contribution >= 4 is 76.8 Å². The van der Waals surface area contributed by atoms with Crippen molar-refractivity contribution in [1.82, 2.24) is 4.57 Å². The third kappa shape index (κ3) is 4.12. The van der Waals surface area contributed by atoms with Crippen molar-refractivity contribution in [3.63, 3.8) is 0 Å². The lowest BCUT2D eigenvalue weighted by atomic mass is 9.65. The van der Waals surface area contributed by atoms with Crippen LogP contribution in [0, 0.1) is 0 Å². The van der Waals surface area contributed by atoms with E-state index >= 15 is 0 Å². The minimum absolute atomic E-state index is 0.372. The first-order chi connectivity index (χ1) is 28.8. The molecule has 0 fully saturated rings. The van der Waals surface area contributed by atoms with Gasteiger partial charge in [0.15, 0.2) is 0 Å². The number of hydrogen-bond donors (Lipinski definition) is 0. The molecule has 0 spiro atoms. The van der Waals surface area contributed by atoms with E-state index in [1.165, 1.54) is 55.3 Å². The Balaban J connectivity index is 1.03. The molecule has 0 amide bonds. The normalized spacial score (nSPS) is 14.9. The van der Waals surface area contributed by atoms with Gasteiger partial charge in [0.2, 0.25) is 0 Å². The highest BCUT2D eigenvalue weighted by Gasteiger charge is 2.48. The zero-order valence-electron chi connectivity index (χ0n) is 31.6. The molecule has 0 aliphatic heterocycles. The number of nitrogens with zero attached hydrogens (tertiary/aromatic N) is 1. The van der Waals surface area contributed by atoms with Gasteiger partial charge in [-0.1, -0.05) is 140 Å². The Bertz CT molecular complexity index is 3520. The number of aromatic nitrogens is 1. The molecule has 0 saturated heterocycles. The maximum atomic E-state index is 6.85. The zero-order chi connectivity index (χ0) is 38.0. The van der Waals surface area contributed by atoms with Crippen LogP contribution in [-0.4, -0.2) is 4.57 Å². The number of allylic oxidation sites excluding steroid dienone is 4. The standard InChI is InChI=1S/C55H35NO2/c1-3-15-35(16-4-1)55(36-17-5-2-6-18-36)42-23-10-7-19-38(42)51-37(22-13-24-43(51)55)34-29-30-41-50(33-34)58-48-28-14-26-45(52(41)48)56-44-25-11-8-20-39(44)53-46(56)31-32-49-54(53)40-21-9-12-27-47(40)57-49/h1-12,14-23,25-33H,13,24H2. The third-order valence-electron chi connectivity index (χ3n) is 13.0. The van der Waals surface area contributed by atoms with Gasteiger partial charge in [-0.05, 0) is 106 Å². The smallest absolute Gasteiger partial charge is 0.137 e. The summed E-state index contributed by atoms with van der Waals surface area (Å²) < 4.78 is 15.6. The summed E-state index contributed by atoms with van der Waals surface area (Å²) in [5, 5.41) is 6.92. The third-order valence-corrected chi connectivity index (χ3v) is 13.0. The van der Waals surface area contributed by atoms with E-state index in [2.05, 4.69) is 187 Å². The van der Waals surface area contributed by atoms with E-state index in [1.54, 1.807) is 0 Å². The van der Waals surface area contributed by atoms with Gasteiger partial charge < -0.3 is 13.4 Å². The predicted molar refractivity (Wildman–Crippen MR) is 239 cm³/mol. The summed E-state index contributed by atoms with van der Waals surface area (Å²) in [7, 11) is 0. The van der Waals surface area contributed by atoms with Gasteiger partial charge in [-0.25, -0.2) is 0 Å². The number of rotatable bonds is 4. The van der Waals surface area contributed by atoms with Crippen LogP contribution in [0.4, 0.5) is 0 Å². The molecule has 2 aliphatic carbocycles. The van der Waals surface area contributed by atoms with E-state index in [1.807, 2.05) is 6.07 Å². The number of para-hydroxylation sites is 2. The molecule has 0 saturated carbocycles. The molecule has 58 heavy (non-hydrogen) atoms. The van der Waals surface area contributed by atoms with Crippen molar-refractivity contribution in [1.29, 1.82) is 0 Å². The largest absolute Gasteiger partial charge is 0.456 e. The van der Waals surface area contributed by atoms with Crippen LogP contribution in [0.25, 0.3) is 82.5 Å². The Hall–Kier alpha value is -7.36. The second kappa shape index (κ2) is 11.8. The summed E-state index contributed by atoms with van der Waals surface area (Å²) in [5.41, 5.74) is 17.2. The number of benzene rings is 8. The van der Waals surface area contributed by atoms with Gasteiger partial charge in [-0.15, -0.1) is 0 Å². The lowest BCUT2D eigenvalue weighted by Gasteiger charge is -2.36. The monoisotopic (exact) mass is 741 g/mol. The molecule has 0 atom stereocenters. The summed E-state index contributed by atoms with van der Waals surface area (Å²) in [6.07, 6.45) is 4.42. The first-order valence-corrected chi connectivity index (χ1v) is 20.2. The highest BCUT2D eigenvalue weighted by atomic mass is 16.3. The second-order valence-corrected chi connectivity index (χ2v) is 15.8. The van der Waals surface area contributed by atoms with Crippen LogP contribution in [0.5, 0.6) is 0 Å². The average molecular weight is 742 g/mol. The Morgan fingerprint density at radius 3 is 1.98 bits per heavy atom. The second-order valence-electron chi connectivity index (χ2n) is 15.8. The van der Waals surface area contributed by atoms with Crippen molar-refractivity contribution in [3.8, 4) is 5.69 Å². The first-order valence-electron chi connectivity index (χ1n) is 20.2. The molecule has 3 heteroatoms. The molecule has 0 unspecified atom stereocenters. The summed E-state index contributed by atoms with van der Waals surface area (Å²) in [4.78, 5) is 0. The minimum Gasteiger partial charge on any atom is -0.456 e. The molecule has 0 N–H and O–H groups in total. The van der Waals surface area contributed by atoms with Crippen molar-refractivity contribution in [2.24, 2.45) is 0 Å². The molecule has 0 radical (unpaired) electrons. The quantitative estimate of drug-likeness (QED) is 0.180. The Morgan fingerprint density at radius 1 is 0.466 bits per heavy atom. The fourth-order valence-corrected chi connectivity index (χ4v) is 10.8. The Labute approximate surface area is 334 Å². The SMILES string of the molecule is C1=C(c2ccc3c(c2)oc2cccc(-n4c5ccccc5c5c6c(ccc54)oc4ccccc46)c23)C2=C(CC1)C(c1ccccc1)(c1ccccc1)c1ccccc12. The first kappa shape index (κ1) is 31.8. The van der Waals surface area contributed by atoms with Crippen molar-refractivity contribution < 1.29 is 8.83 Å². The molecule has 3 heterocycles. The topological polar surface area (TPSA) is 31.2 Å². The van der Waals surface area contributed by atoms with Gasteiger partial charge in [-0.3, -0.25) is 0 Å². The summed E-state index contributed by atoms with van der Waals surface area (Å²) >= 11 is 0. The molecular weight excluding hydrogens is 707 g/mol. The van der Waals surface area contributed by atoms with Crippen molar-refractivity contribution in [3.05, 3.63) is 221 Å². The fourth-order valence-electron chi connectivity index (χ4n) is 10.8. The van der Waals surface area contributed by atoms with Gasteiger partial charge in [0.25, 0.3) is 0 Å². The van der Waals surface area contributed by atoms with E-state index in [0.717, 1.165) is 73.4 Å². The van der Waals surface area contributed by atoms with Crippen LogP contribution in [0.2, 0.25) is 0 Å². The molecule has 13 rings (SSSR count). The maximum absolute atomic E-state index is 6.85. The van der Waals surface area contributed by atoms with E-state index in [0.29, 0.717) is 0 Å². The maximum Gasteiger partial charge on any atom is 0.137 e. The van der Waals surface area contributed by atoms with Gasteiger partial charge >= 0.3 is 0 Å². The van der Waals surface area contributed by atoms with Gasteiger partial charge in [-0.2, -0.15) is 0 Å². The van der Waals surface area contributed by atoms with Gasteiger partial charge in [0.1, 0.15) is 22.3 Å². The van der Waals surface area contributed by atoms with E-state index in [4.69, 9.17) is 8.83 Å². The lowest BCUT2D eigenvalue weighted by Crippen LogP contribution is -2.30. The number of hydrogen-bond acceptors (Lipinski definition) is 2. The van der Waals surface area contributed by atoms with Crippen LogP contribution < -0.4 is 0 Å². The molecule has 8 aromatic carbocycles. The molecule has 11 aromatic rings. The van der Waals surface area contributed by atoms with Gasteiger partial charge in [0, 0.05) is 26.9 Å². The Kier molecular flexibility index (Phi) is 6.49. The van der Waals surface area contributed by atoms with E-state index < -0.39 is 0 Å². The van der Waals surface area contributed by atoms with Crippen molar-refractivity contribution in [2.75, 3.05) is 0 Å². The average Bonchev–Trinajstić information content (AvgIpc) is 4.03. The predicted octanol–water partition coefficient (Wildman–Crippen LogP) is 14.6. The molecular formula is C55H35NO2. The van der Waals surface area contributed by atoms with Crippen LogP contribution in [0.3, 0.4) is 0 Å². The van der Waals surface area contributed by atoms with Crippen LogP contribution in [0.1, 0.15) is 40.7 Å². The number of furan rings is 2. The highest BCUT2D eigenvalue weighted by molar-refractivity contribution is 6.28. The number of fused-ring (bicyclic) bond motifs is 12. The van der Waals surface area contributed by atoms with Crippen molar-refractivity contribution in [2.45, 2.75) is 18.3 Å². The zero-order valence-corrected chi connectivity index (χ0v) is 31.6. The van der Waals surface area contributed by atoms with E-state index in [9.17, 15) is 0 Å².